The first-order valence-electron chi connectivity index (χ1n) is 12.6. The summed E-state index contributed by atoms with van der Waals surface area (Å²) >= 11 is 0. The number of hydroxylamine groups is 2. The van der Waals surface area contributed by atoms with Gasteiger partial charge in [-0.3, -0.25) is 19.3 Å². The summed E-state index contributed by atoms with van der Waals surface area (Å²) in [5, 5.41) is 4.23. The van der Waals surface area contributed by atoms with Crippen molar-refractivity contribution < 1.29 is 23.6 Å². The van der Waals surface area contributed by atoms with Crippen molar-refractivity contribution in [2.24, 2.45) is 5.41 Å². The Balaban J connectivity index is 1.60. The Morgan fingerprint density at radius 1 is 1.24 bits per heavy atom. The molecule has 1 aromatic carbocycles. The van der Waals surface area contributed by atoms with Gasteiger partial charge in [-0.25, -0.2) is 14.4 Å². The molecule has 37 heavy (non-hydrogen) atoms. The summed E-state index contributed by atoms with van der Waals surface area (Å²) in [6.07, 6.45) is 3.50. The zero-order valence-electron chi connectivity index (χ0n) is 22.1. The standard InChI is InChI=1S/C26H35FN6O4/c1-6-19(7-2)33-23-17(13-26(24(33)35)14-22(34)32(5)37-16-26)15-28-25(30-23)29-18-8-9-21(20(27)12-18)36-11-10-31(3)4/h8-9,12,15,19H,6-7,10-11,13-14,16H2,1-5H3,(H,28,29,30). The Morgan fingerprint density at radius 3 is 2.65 bits per heavy atom. The summed E-state index contributed by atoms with van der Waals surface area (Å²) < 4.78 is 20.1. The number of benzene rings is 1. The van der Waals surface area contributed by atoms with Crippen LogP contribution in [-0.4, -0.2) is 78.7 Å². The number of carbonyl (C=O) groups is 2. The summed E-state index contributed by atoms with van der Waals surface area (Å²) in [5.74, 6) is 0.0361. The Hall–Kier alpha value is -3.31. The maximum Gasteiger partial charge on any atom is 0.247 e. The van der Waals surface area contributed by atoms with Crippen LogP contribution < -0.4 is 15.0 Å². The van der Waals surface area contributed by atoms with E-state index >= 15 is 0 Å². The largest absolute Gasteiger partial charge is 0.489 e. The number of likely N-dealkylation sites (N-methyl/N-ethyl adjacent to an activating group) is 1. The Labute approximate surface area is 216 Å². The number of nitrogens with one attached hydrogen (secondary N) is 1. The van der Waals surface area contributed by atoms with Gasteiger partial charge in [0.25, 0.3) is 0 Å². The third-order valence-corrected chi connectivity index (χ3v) is 6.94. The molecule has 200 valence electrons. The summed E-state index contributed by atoms with van der Waals surface area (Å²) in [4.78, 5) is 44.7. The molecular weight excluding hydrogens is 479 g/mol. The summed E-state index contributed by atoms with van der Waals surface area (Å²) in [5.41, 5.74) is 0.247. The van der Waals surface area contributed by atoms with Gasteiger partial charge in [0.1, 0.15) is 12.4 Å². The van der Waals surface area contributed by atoms with Gasteiger partial charge in [0.05, 0.1) is 12.0 Å². The molecule has 2 aliphatic heterocycles. The first-order chi connectivity index (χ1) is 17.7. The van der Waals surface area contributed by atoms with Crippen LogP contribution in [0.25, 0.3) is 0 Å². The van der Waals surface area contributed by atoms with Gasteiger partial charge in [-0.1, -0.05) is 13.8 Å². The van der Waals surface area contributed by atoms with Gasteiger partial charge < -0.3 is 15.0 Å². The molecule has 2 amide bonds. The van der Waals surface area contributed by atoms with Crippen LogP contribution >= 0.6 is 0 Å². The van der Waals surface area contributed by atoms with Crippen LogP contribution in [0.5, 0.6) is 5.75 Å². The van der Waals surface area contributed by atoms with E-state index in [0.717, 1.165) is 18.4 Å². The second-order valence-electron chi connectivity index (χ2n) is 9.91. The maximum absolute atomic E-state index is 14.6. The molecular formula is C26H35FN6O4. The molecule has 2 aromatic rings. The predicted octanol–water partition coefficient (Wildman–Crippen LogP) is 3.16. The molecule has 0 bridgehead atoms. The van der Waals surface area contributed by atoms with E-state index in [1.165, 1.54) is 11.1 Å². The van der Waals surface area contributed by atoms with Crippen LogP contribution in [0.2, 0.25) is 0 Å². The maximum atomic E-state index is 14.6. The predicted molar refractivity (Wildman–Crippen MR) is 137 cm³/mol. The quantitative estimate of drug-likeness (QED) is 0.545. The number of fused-ring (bicyclic) bond motifs is 1. The highest BCUT2D eigenvalue weighted by atomic mass is 19.1. The van der Waals surface area contributed by atoms with Crippen LogP contribution in [0.1, 0.15) is 38.7 Å². The Bertz CT molecular complexity index is 1160. The lowest BCUT2D eigenvalue weighted by Crippen LogP contribution is -2.59. The molecule has 10 nitrogen and oxygen atoms in total. The Morgan fingerprint density at radius 2 is 2.00 bits per heavy atom. The average molecular weight is 515 g/mol. The van der Waals surface area contributed by atoms with Crippen molar-refractivity contribution in [1.29, 1.82) is 0 Å². The van der Waals surface area contributed by atoms with E-state index in [9.17, 15) is 14.0 Å². The molecule has 1 fully saturated rings. The lowest BCUT2D eigenvalue weighted by Gasteiger charge is -2.46. The van der Waals surface area contributed by atoms with Gasteiger partial charge in [-0.05, 0) is 45.5 Å². The molecule has 11 heteroatoms. The van der Waals surface area contributed by atoms with E-state index in [4.69, 9.17) is 9.57 Å². The normalized spacial score (nSPS) is 19.7. The smallest absolute Gasteiger partial charge is 0.247 e. The van der Waals surface area contributed by atoms with Crippen molar-refractivity contribution in [2.45, 2.75) is 45.6 Å². The fourth-order valence-corrected chi connectivity index (χ4v) is 4.73. The fourth-order valence-electron chi connectivity index (χ4n) is 4.73. The summed E-state index contributed by atoms with van der Waals surface area (Å²) in [7, 11) is 5.40. The highest BCUT2D eigenvalue weighted by Crippen LogP contribution is 2.43. The molecule has 1 spiro atoms. The van der Waals surface area contributed by atoms with E-state index < -0.39 is 11.2 Å². The minimum atomic E-state index is -0.983. The summed E-state index contributed by atoms with van der Waals surface area (Å²) in [6.45, 7) is 5.20. The molecule has 0 radical (unpaired) electrons. The zero-order valence-corrected chi connectivity index (χ0v) is 22.1. The molecule has 4 rings (SSSR count). The number of amides is 2. The average Bonchev–Trinajstić information content (AvgIpc) is 2.86. The van der Waals surface area contributed by atoms with Crippen LogP contribution in [0.15, 0.2) is 24.4 Å². The Kier molecular flexibility index (Phi) is 7.93. The number of rotatable bonds is 9. The van der Waals surface area contributed by atoms with E-state index in [2.05, 4.69) is 15.3 Å². The number of aromatic nitrogens is 2. The van der Waals surface area contributed by atoms with Gasteiger partial charge in [-0.2, -0.15) is 4.98 Å². The lowest BCUT2D eigenvalue weighted by atomic mass is 9.74. The number of halogens is 1. The third kappa shape index (κ3) is 5.52. The van der Waals surface area contributed by atoms with E-state index in [1.807, 2.05) is 32.8 Å². The van der Waals surface area contributed by atoms with Gasteiger partial charge in [0.2, 0.25) is 17.8 Å². The van der Waals surface area contributed by atoms with Crippen molar-refractivity contribution in [3.05, 3.63) is 35.8 Å². The van der Waals surface area contributed by atoms with Gasteiger partial charge in [0.15, 0.2) is 11.6 Å². The van der Waals surface area contributed by atoms with Gasteiger partial charge in [-0.15, -0.1) is 0 Å². The fraction of sp³-hybridized carbons (Fsp3) is 0.538. The first-order valence-corrected chi connectivity index (χ1v) is 12.6. The minimum absolute atomic E-state index is 0.0701. The second-order valence-corrected chi connectivity index (χ2v) is 9.91. The van der Waals surface area contributed by atoms with E-state index in [1.54, 1.807) is 30.3 Å². The molecule has 1 unspecified atom stereocenters. The monoisotopic (exact) mass is 514 g/mol. The lowest BCUT2D eigenvalue weighted by molar-refractivity contribution is -0.211. The van der Waals surface area contributed by atoms with Crippen molar-refractivity contribution in [1.82, 2.24) is 19.9 Å². The van der Waals surface area contributed by atoms with Crippen LogP contribution in [0.4, 0.5) is 21.8 Å². The van der Waals surface area contributed by atoms with Crippen LogP contribution in [-0.2, 0) is 20.8 Å². The first kappa shape index (κ1) is 26.7. The number of ether oxygens (including phenoxy) is 1. The highest BCUT2D eigenvalue weighted by molar-refractivity contribution is 6.03. The number of hydrogen-bond donors (Lipinski definition) is 1. The van der Waals surface area contributed by atoms with E-state index in [-0.39, 0.29) is 42.6 Å². The van der Waals surface area contributed by atoms with Crippen LogP contribution in [0, 0.1) is 11.2 Å². The van der Waals surface area contributed by atoms with Crippen LogP contribution in [0.3, 0.4) is 0 Å². The molecule has 1 saturated heterocycles. The molecule has 1 aromatic heterocycles. The number of hydrogen-bond acceptors (Lipinski definition) is 8. The third-order valence-electron chi connectivity index (χ3n) is 6.94. The molecule has 0 saturated carbocycles. The zero-order chi connectivity index (χ0) is 26.7. The van der Waals surface area contributed by atoms with Gasteiger partial charge >= 0.3 is 0 Å². The molecule has 1 atom stereocenters. The van der Waals surface area contributed by atoms with Crippen molar-refractivity contribution >= 4 is 29.3 Å². The van der Waals surface area contributed by atoms with Crippen molar-refractivity contribution in [2.75, 3.05) is 51.1 Å². The van der Waals surface area contributed by atoms with Gasteiger partial charge in [0, 0.05) is 49.6 Å². The SMILES string of the molecule is CCC(CC)N1C(=O)C2(CON(C)C(=O)C2)Cc2cnc(Nc3ccc(OCCN(C)C)c(F)c3)nc21. The van der Waals surface area contributed by atoms with Crippen molar-refractivity contribution in [3.63, 3.8) is 0 Å². The van der Waals surface area contributed by atoms with E-state index in [0.29, 0.717) is 31.1 Å². The number of nitrogens with zero attached hydrogens (tertiary/aromatic N) is 5. The number of anilines is 3. The summed E-state index contributed by atoms with van der Waals surface area (Å²) in [6, 6.07) is 4.48. The topological polar surface area (TPSA) is 100 Å². The van der Waals surface area contributed by atoms with Crippen molar-refractivity contribution in [3.8, 4) is 5.75 Å². The molecule has 2 aliphatic rings. The minimum Gasteiger partial charge on any atom is -0.489 e. The molecule has 0 aliphatic carbocycles. The number of carbonyl (C=O) groups excluding carboxylic acids is 2. The highest BCUT2D eigenvalue weighted by Gasteiger charge is 2.52. The molecule has 1 N–H and O–H groups in total. The molecule has 3 heterocycles. The second kappa shape index (κ2) is 11.0.